The molecule has 0 aromatic carbocycles. The summed E-state index contributed by atoms with van der Waals surface area (Å²) in [6.07, 6.45) is 4.38. The molecule has 1 N–H and O–H groups in total. The minimum atomic E-state index is -0.844. The summed E-state index contributed by atoms with van der Waals surface area (Å²) in [6, 6.07) is 0. The van der Waals surface area contributed by atoms with Crippen molar-refractivity contribution < 1.29 is 14.6 Å². The summed E-state index contributed by atoms with van der Waals surface area (Å²) in [5.74, 6) is 0.0554. The number of nitrogens with zero attached hydrogens (tertiary/aromatic N) is 3. The second kappa shape index (κ2) is 6.19. The zero-order valence-electron chi connectivity index (χ0n) is 10.3. The van der Waals surface area contributed by atoms with Gasteiger partial charge in [-0.3, -0.25) is 4.79 Å². The Morgan fingerprint density at radius 1 is 1.61 bits per heavy atom. The number of carbonyl (C=O) groups is 1. The van der Waals surface area contributed by atoms with Gasteiger partial charge in [-0.1, -0.05) is 11.8 Å². The van der Waals surface area contributed by atoms with Crippen LogP contribution in [0.25, 0.3) is 0 Å². The Labute approximate surface area is 110 Å². The second-order valence-electron chi connectivity index (χ2n) is 4.31. The Bertz CT molecular complexity index is 416. The van der Waals surface area contributed by atoms with Crippen molar-refractivity contribution in [2.24, 2.45) is 7.05 Å². The minimum absolute atomic E-state index is 0.0116. The molecule has 1 aliphatic rings. The predicted molar refractivity (Wildman–Crippen MR) is 66.7 cm³/mol. The molecule has 1 aromatic heterocycles. The molecule has 2 rings (SSSR count). The van der Waals surface area contributed by atoms with Gasteiger partial charge < -0.3 is 14.4 Å². The van der Waals surface area contributed by atoms with E-state index in [2.05, 4.69) is 10.2 Å². The van der Waals surface area contributed by atoms with Gasteiger partial charge in [0.25, 0.3) is 0 Å². The molecule has 1 aliphatic heterocycles. The molecule has 7 heteroatoms. The van der Waals surface area contributed by atoms with Crippen LogP contribution in [-0.4, -0.2) is 44.3 Å². The Morgan fingerprint density at radius 2 is 2.44 bits per heavy atom. The van der Waals surface area contributed by atoms with Gasteiger partial charge in [0.2, 0.25) is 0 Å². The lowest BCUT2D eigenvalue weighted by Crippen LogP contribution is -2.09. The molecule has 18 heavy (non-hydrogen) atoms. The second-order valence-corrected chi connectivity index (χ2v) is 5.26. The quantitative estimate of drug-likeness (QED) is 0.781. The number of hydrogen-bond acceptors (Lipinski definition) is 5. The van der Waals surface area contributed by atoms with Gasteiger partial charge >= 0.3 is 5.97 Å². The molecule has 100 valence electrons. The number of aryl methyl sites for hydroxylation is 1. The van der Waals surface area contributed by atoms with Crippen molar-refractivity contribution in [3.8, 4) is 0 Å². The number of aromatic nitrogens is 3. The van der Waals surface area contributed by atoms with Gasteiger partial charge in [0, 0.05) is 20.1 Å². The monoisotopic (exact) mass is 271 g/mol. The van der Waals surface area contributed by atoms with E-state index in [1.807, 2.05) is 11.6 Å². The molecule has 0 amide bonds. The molecule has 1 fully saturated rings. The van der Waals surface area contributed by atoms with Crippen molar-refractivity contribution >= 4 is 17.7 Å². The highest BCUT2D eigenvalue weighted by molar-refractivity contribution is 7.99. The zero-order valence-corrected chi connectivity index (χ0v) is 11.2. The standard InChI is InChI=1S/C11H17N3O3S/c1-14-9(5-4-8-3-2-6-17-8)12-13-11(14)18-7-10(15)16/h8H,2-7H2,1H3,(H,15,16). The first kappa shape index (κ1) is 13.4. The van der Waals surface area contributed by atoms with Crippen LogP contribution >= 0.6 is 11.8 Å². The average Bonchev–Trinajstić information content (AvgIpc) is 2.94. The van der Waals surface area contributed by atoms with Crippen LogP contribution in [0.4, 0.5) is 0 Å². The van der Waals surface area contributed by atoms with Crippen LogP contribution < -0.4 is 0 Å². The van der Waals surface area contributed by atoms with E-state index in [4.69, 9.17) is 9.84 Å². The summed E-state index contributed by atoms with van der Waals surface area (Å²) in [5.41, 5.74) is 0. The van der Waals surface area contributed by atoms with E-state index in [1.54, 1.807) is 0 Å². The Balaban J connectivity index is 1.86. The maximum absolute atomic E-state index is 10.5. The molecule has 0 saturated carbocycles. The number of thioether (sulfide) groups is 1. The summed E-state index contributed by atoms with van der Waals surface area (Å²) in [7, 11) is 1.87. The topological polar surface area (TPSA) is 77.2 Å². The number of hydrogen-bond donors (Lipinski definition) is 1. The number of carboxylic acid groups (broad SMARTS) is 1. The van der Waals surface area contributed by atoms with Crippen LogP contribution in [0.5, 0.6) is 0 Å². The molecule has 0 spiro atoms. The van der Waals surface area contributed by atoms with Gasteiger partial charge in [0.05, 0.1) is 11.9 Å². The first-order valence-electron chi connectivity index (χ1n) is 6.01. The van der Waals surface area contributed by atoms with Crippen molar-refractivity contribution in [2.45, 2.75) is 36.9 Å². The fourth-order valence-electron chi connectivity index (χ4n) is 1.98. The molecule has 1 saturated heterocycles. The van der Waals surface area contributed by atoms with Crippen molar-refractivity contribution in [2.75, 3.05) is 12.4 Å². The summed E-state index contributed by atoms with van der Waals surface area (Å²) in [6.45, 7) is 0.864. The highest BCUT2D eigenvalue weighted by atomic mass is 32.2. The van der Waals surface area contributed by atoms with Gasteiger partial charge in [-0.25, -0.2) is 0 Å². The van der Waals surface area contributed by atoms with E-state index < -0.39 is 5.97 Å². The smallest absolute Gasteiger partial charge is 0.313 e. The normalized spacial score (nSPS) is 19.3. The number of ether oxygens (including phenoxy) is 1. The van der Waals surface area contributed by atoms with Crippen molar-refractivity contribution in [3.05, 3.63) is 5.82 Å². The van der Waals surface area contributed by atoms with Gasteiger partial charge in [-0.05, 0) is 19.3 Å². The van der Waals surface area contributed by atoms with Crippen LogP contribution in [0.3, 0.4) is 0 Å². The van der Waals surface area contributed by atoms with Gasteiger partial charge in [0.15, 0.2) is 5.16 Å². The molecule has 1 atom stereocenters. The fraction of sp³-hybridized carbons (Fsp3) is 0.727. The third-order valence-corrected chi connectivity index (χ3v) is 3.97. The van der Waals surface area contributed by atoms with E-state index in [0.717, 1.165) is 38.1 Å². The van der Waals surface area contributed by atoms with Crippen LogP contribution in [-0.2, 0) is 23.0 Å². The zero-order chi connectivity index (χ0) is 13.0. The van der Waals surface area contributed by atoms with E-state index in [0.29, 0.717) is 11.3 Å². The molecule has 0 bridgehead atoms. The summed E-state index contributed by atoms with van der Waals surface area (Å²) in [5, 5.41) is 17.4. The largest absolute Gasteiger partial charge is 0.481 e. The summed E-state index contributed by atoms with van der Waals surface area (Å²) < 4.78 is 7.42. The Kier molecular flexibility index (Phi) is 4.60. The van der Waals surface area contributed by atoms with Crippen LogP contribution in [0.2, 0.25) is 0 Å². The van der Waals surface area contributed by atoms with Crippen molar-refractivity contribution in [3.63, 3.8) is 0 Å². The van der Waals surface area contributed by atoms with Gasteiger partial charge in [0.1, 0.15) is 5.82 Å². The molecule has 1 unspecified atom stereocenters. The molecular formula is C11H17N3O3S. The van der Waals surface area contributed by atoms with Crippen molar-refractivity contribution in [1.82, 2.24) is 14.8 Å². The fourth-order valence-corrected chi connectivity index (χ4v) is 2.63. The SMILES string of the molecule is Cn1c(CCC2CCCO2)nnc1SCC(=O)O. The van der Waals surface area contributed by atoms with Gasteiger partial charge in [-0.2, -0.15) is 0 Å². The number of carboxylic acids is 1. The molecule has 1 aromatic rings. The molecule has 6 nitrogen and oxygen atoms in total. The van der Waals surface area contributed by atoms with E-state index in [9.17, 15) is 4.79 Å². The molecule has 0 aliphatic carbocycles. The van der Waals surface area contributed by atoms with E-state index in [-0.39, 0.29) is 5.75 Å². The van der Waals surface area contributed by atoms with Crippen molar-refractivity contribution in [1.29, 1.82) is 0 Å². The third kappa shape index (κ3) is 3.46. The maximum Gasteiger partial charge on any atom is 0.313 e. The molecule has 0 radical (unpaired) electrons. The Morgan fingerprint density at radius 3 is 3.11 bits per heavy atom. The number of rotatable bonds is 6. The summed E-state index contributed by atoms with van der Waals surface area (Å²) >= 11 is 1.19. The Hall–Kier alpha value is -1.08. The van der Waals surface area contributed by atoms with E-state index in [1.165, 1.54) is 11.8 Å². The minimum Gasteiger partial charge on any atom is -0.481 e. The highest BCUT2D eigenvalue weighted by Crippen LogP contribution is 2.19. The van der Waals surface area contributed by atoms with Crippen LogP contribution in [0.15, 0.2) is 5.16 Å². The maximum atomic E-state index is 10.5. The third-order valence-electron chi connectivity index (χ3n) is 2.96. The van der Waals surface area contributed by atoms with Gasteiger partial charge in [-0.15, -0.1) is 10.2 Å². The molecule has 2 heterocycles. The predicted octanol–water partition coefficient (Wildman–Crippen LogP) is 1.10. The average molecular weight is 271 g/mol. The lowest BCUT2D eigenvalue weighted by Gasteiger charge is -2.08. The summed E-state index contributed by atoms with van der Waals surface area (Å²) in [4.78, 5) is 10.5. The lowest BCUT2D eigenvalue weighted by atomic mass is 10.1. The van der Waals surface area contributed by atoms with Crippen LogP contribution in [0, 0.1) is 0 Å². The molecular weight excluding hydrogens is 254 g/mol. The highest BCUT2D eigenvalue weighted by Gasteiger charge is 2.17. The number of aliphatic carboxylic acids is 1. The first-order valence-corrected chi connectivity index (χ1v) is 7.00. The van der Waals surface area contributed by atoms with E-state index >= 15 is 0 Å². The van der Waals surface area contributed by atoms with Crippen LogP contribution in [0.1, 0.15) is 25.1 Å². The first-order chi connectivity index (χ1) is 8.66. The lowest BCUT2D eigenvalue weighted by molar-refractivity contribution is -0.133.